The second-order valence-corrected chi connectivity index (χ2v) is 9.60. The van der Waals surface area contributed by atoms with E-state index in [0.29, 0.717) is 37.9 Å². The van der Waals surface area contributed by atoms with Crippen LogP contribution in [0.15, 0.2) is 30.5 Å². The van der Waals surface area contributed by atoms with Gasteiger partial charge in [0.1, 0.15) is 11.4 Å². The van der Waals surface area contributed by atoms with Crippen molar-refractivity contribution < 1.29 is 14.3 Å². The van der Waals surface area contributed by atoms with Crippen LogP contribution in [0.3, 0.4) is 0 Å². The Morgan fingerprint density at radius 3 is 2.52 bits per heavy atom. The Labute approximate surface area is 193 Å². The third-order valence-corrected chi connectivity index (χ3v) is 7.73. The van der Waals surface area contributed by atoms with Crippen molar-refractivity contribution in [3.05, 3.63) is 30.5 Å². The lowest BCUT2D eigenvalue weighted by atomic mass is 9.74. The number of primary amides is 1. The van der Waals surface area contributed by atoms with Crippen LogP contribution in [0.4, 0.5) is 0 Å². The third-order valence-electron chi connectivity index (χ3n) is 7.73. The number of carbonyl (C=O) groups is 2. The molecule has 0 aliphatic carbocycles. The number of hydrogen-bond donors (Lipinski definition) is 1. The Hall–Kier alpha value is -2.94. The lowest BCUT2D eigenvalue weighted by Crippen LogP contribution is -2.59. The zero-order valence-electron chi connectivity index (χ0n) is 19.1. The SMILES string of the molecule is COc1ccc(-c2cn(CC3CC4CCN3CC4C(=O)N3CCC(C(N)=O)CC3)nn2)cc1. The fourth-order valence-electron chi connectivity index (χ4n) is 5.72. The summed E-state index contributed by atoms with van der Waals surface area (Å²) in [5.41, 5.74) is 7.30. The highest BCUT2D eigenvalue weighted by Crippen LogP contribution is 2.38. The van der Waals surface area contributed by atoms with Crippen molar-refractivity contribution in [2.24, 2.45) is 23.5 Å². The number of piperidine rings is 4. The summed E-state index contributed by atoms with van der Waals surface area (Å²) in [5, 5.41) is 8.71. The summed E-state index contributed by atoms with van der Waals surface area (Å²) in [6.45, 7) is 3.91. The number of benzene rings is 1. The number of methoxy groups -OCH3 is 1. The Balaban J connectivity index is 1.18. The maximum atomic E-state index is 13.2. The van der Waals surface area contributed by atoms with Gasteiger partial charge in [-0.05, 0) is 62.4 Å². The first kappa shape index (κ1) is 21.9. The Kier molecular flexibility index (Phi) is 6.05. The Morgan fingerprint density at radius 1 is 1.12 bits per heavy atom. The van der Waals surface area contributed by atoms with E-state index in [9.17, 15) is 9.59 Å². The van der Waals surface area contributed by atoms with Crippen LogP contribution >= 0.6 is 0 Å². The molecule has 4 aliphatic rings. The van der Waals surface area contributed by atoms with Gasteiger partial charge in [0, 0.05) is 37.2 Å². The summed E-state index contributed by atoms with van der Waals surface area (Å²) in [7, 11) is 1.66. The molecule has 33 heavy (non-hydrogen) atoms. The number of likely N-dealkylation sites (tertiary alicyclic amines) is 1. The standard InChI is InChI=1S/C24H32N6O3/c1-33-20-4-2-16(3-5-20)22-15-30(27-26-22)13-19-12-18-8-11-29(19)14-21(18)24(32)28-9-6-17(7-10-28)23(25)31/h2-5,15,17-19,21H,6-14H2,1H3,(H2,25,31). The maximum absolute atomic E-state index is 13.2. The van der Waals surface area contributed by atoms with E-state index in [4.69, 9.17) is 10.5 Å². The van der Waals surface area contributed by atoms with E-state index < -0.39 is 0 Å². The van der Waals surface area contributed by atoms with Crippen LogP contribution in [0.1, 0.15) is 25.7 Å². The van der Waals surface area contributed by atoms with E-state index in [1.807, 2.05) is 40.0 Å². The molecule has 5 heterocycles. The molecule has 4 aliphatic heterocycles. The van der Waals surface area contributed by atoms with Gasteiger partial charge >= 0.3 is 0 Å². The monoisotopic (exact) mass is 452 g/mol. The molecular weight excluding hydrogens is 420 g/mol. The van der Waals surface area contributed by atoms with Crippen LogP contribution in [-0.2, 0) is 16.1 Å². The second-order valence-electron chi connectivity index (χ2n) is 9.60. The van der Waals surface area contributed by atoms with Gasteiger partial charge in [0.2, 0.25) is 11.8 Å². The number of fused-ring (bicyclic) bond motifs is 3. The number of ether oxygens (including phenoxy) is 1. The minimum atomic E-state index is -0.240. The summed E-state index contributed by atoms with van der Waals surface area (Å²) >= 11 is 0. The normalized spacial score (nSPS) is 27.5. The van der Waals surface area contributed by atoms with E-state index in [-0.39, 0.29) is 23.7 Å². The minimum Gasteiger partial charge on any atom is -0.497 e. The molecule has 1 aromatic carbocycles. The predicted octanol–water partition coefficient (Wildman–Crippen LogP) is 1.39. The van der Waals surface area contributed by atoms with E-state index in [2.05, 4.69) is 15.2 Å². The largest absolute Gasteiger partial charge is 0.497 e. The van der Waals surface area contributed by atoms with Crippen molar-refractivity contribution in [2.75, 3.05) is 33.3 Å². The molecule has 4 unspecified atom stereocenters. The van der Waals surface area contributed by atoms with Gasteiger partial charge in [-0.2, -0.15) is 0 Å². The quantitative estimate of drug-likeness (QED) is 0.710. The number of aromatic nitrogens is 3. The number of nitrogens with two attached hydrogens (primary N) is 1. The first-order valence-corrected chi connectivity index (χ1v) is 11.9. The Morgan fingerprint density at radius 2 is 1.88 bits per heavy atom. The highest BCUT2D eigenvalue weighted by Gasteiger charge is 2.45. The van der Waals surface area contributed by atoms with Gasteiger partial charge in [0.25, 0.3) is 0 Å². The maximum Gasteiger partial charge on any atom is 0.227 e. The number of nitrogens with zero attached hydrogens (tertiary/aromatic N) is 5. The summed E-state index contributed by atoms with van der Waals surface area (Å²) in [6.07, 6.45) is 5.45. The van der Waals surface area contributed by atoms with Crippen molar-refractivity contribution >= 4 is 11.8 Å². The van der Waals surface area contributed by atoms with E-state index in [1.165, 1.54) is 0 Å². The molecule has 0 radical (unpaired) electrons. The molecule has 9 nitrogen and oxygen atoms in total. The van der Waals surface area contributed by atoms with Crippen molar-refractivity contribution in [3.8, 4) is 17.0 Å². The molecule has 2 aromatic rings. The average Bonchev–Trinajstić information content (AvgIpc) is 3.32. The number of carbonyl (C=O) groups excluding carboxylic acids is 2. The molecule has 176 valence electrons. The summed E-state index contributed by atoms with van der Waals surface area (Å²) in [6, 6.07) is 8.20. The molecule has 1 aromatic heterocycles. The zero-order chi connectivity index (χ0) is 22.9. The molecule has 0 spiro atoms. The van der Waals surface area contributed by atoms with Gasteiger partial charge in [-0.3, -0.25) is 19.2 Å². The fourth-order valence-corrected chi connectivity index (χ4v) is 5.72. The lowest BCUT2D eigenvalue weighted by molar-refractivity contribution is -0.146. The number of rotatable bonds is 6. The molecule has 4 saturated heterocycles. The van der Waals surface area contributed by atoms with Gasteiger partial charge in [-0.15, -0.1) is 5.10 Å². The topological polar surface area (TPSA) is 107 Å². The van der Waals surface area contributed by atoms with Crippen molar-refractivity contribution in [1.82, 2.24) is 24.8 Å². The molecule has 4 atom stereocenters. The fraction of sp³-hybridized carbons (Fsp3) is 0.583. The third kappa shape index (κ3) is 4.46. The van der Waals surface area contributed by atoms with Crippen LogP contribution in [-0.4, -0.2) is 75.9 Å². The highest BCUT2D eigenvalue weighted by atomic mass is 16.5. The first-order valence-electron chi connectivity index (χ1n) is 11.9. The van der Waals surface area contributed by atoms with Crippen LogP contribution in [0, 0.1) is 17.8 Å². The van der Waals surface area contributed by atoms with Crippen molar-refractivity contribution in [1.29, 1.82) is 0 Å². The molecule has 4 fully saturated rings. The lowest BCUT2D eigenvalue weighted by Gasteiger charge is -2.50. The van der Waals surface area contributed by atoms with Gasteiger partial charge in [0.05, 0.1) is 25.8 Å². The van der Waals surface area contributed by atoms with Gasteiger partial charge < -0.3 is 15.4 Å². The molecule has 9 heteroatoms. The summed E-state index contributed by atoms with van der Waals surface area (Å²) < 4.78 is 7.15. The highest BCUT2D eigenvalue weighted by molar-refractivity contribution is 5.81. The van der Waals surface area contributed by atoms with Crippen LogP contribution in [0.2, 0.25) is 0 Å². The summed E-state index contributed by atoms with van der Waals surface area (Å²) in [4.78, 5) is 29.1. The van der Waals surface area contributed by atoms with Crippen LogP contribution < -0.4 is 10.5 Å². The Bertz CT molecular complexity index is 998. The molecular formula is C24H32N6O3. The van der Waals surface area contributed by atoms with Gasteiger partial charge in [-0.25, -0.2) is 0 Å². The molecule has 2 amide bonds. The molecule has 0 saturated carbocycles. The molecule has 2 bridgehead atoms. The molecule has 2 N–H and O–H groups in total. The van der Waals surface area contributed by atoms with Crippen LogP contribution in [0.25, 0.3) is 11.3 Å². The number of amides is 2. The van der Waals surface area contributed by atoms with Gasteiger partial charge in [0.15, 0.2) is 0 Å². The predicted molar refractivity (Wildman–Crippen MR) is 122 cm³/mol. The second kappa shape index (κ2) is 9.13. The minimum absolute atomic E-state index is 0.0609. The van der Waals surface area contributed by atoms with Crippen molar-refractivity contribution in [2.45, 2.75) is 38.3 Å². The average molecular weight is 453 g/mol. The van der Waals surface area contributed by atoms with E-state index in [1.54, 1.807) is 7.11 Å². The van der Waals surface area contributed by atoms with Crippen LogP contribution in [0.5, 0.6) is 5.75 Å². The molecule has 6 rings (SSSR count). The zero-order valence-corrected chi connectivity index (χ0v) is 19.1. The number of hydrogen-bond acceptors (Lipinski definition) is 6. The summed E-state index contributed by atoms with van der Waals surface area (Å²) in [5.74, 6) is 1.22. The smallest absolute Gasteiger partial charge is 0.227 e. The first-order chi connectivity index (χ1) is 16.0. The van der Waals surface area contributed by atoms with E-state index >= 15 is 0 Å². The van der Waals surface area contributed by atoms with Crippen molar-refractivity contribution in [3.63, 3.8) is 0 Å². The van der Waals surface area contributed by atoms with Gasteiger partial charge in [-0.1, -0.05) is 5.21 Å². The van der Waals surface area contributed by atoms with E-state index in [0.717, 1.165) is 49.5 Å².